The van der Waals surface area contributed by atoms with Crippen LogP contribution in [-0.4, -0.2) is 49.1 Å². The second-order valence-electron chi connectivity index (χ2n) is 6.87. The van der Waals surface area contributed by atoms with Gasteiger partial charge in [-0.1, -0.05) is 20.8 Å². The highest BCUT2D eigenvalue weighted by Crippen LogP contribution is 2.22. The molecule has 4 heteroatoms. The Hall–Kier alpha value is -0.610. The maximum atomic E-state index is 12.2. The van der Waals surface area contributed by atoms with Gasteiger partial charge in [-0.15, -0.1) is 0 Å². The molecule has 1 rings (SSSR count). The minimum atomic E-state index is 0.00699. The summed E-state index contributed by atoms with van der Waals surface area (Å²) in [7, 11) is 0. The number of hydrogen-bond acceptors (Lipinski definition) is 3. The molecule has 21 heavy (non-hydrogen) atoms. The highest BCUT2D eigenvalue weighted by Gasteiger charge is 2.28. The summed E-state index contributed by atoms with van der Waals surface area (Å²) in [4.78, 5) is 14.5. The Morgan fingerprint density at radius 2 is 1.81 bits per heavy atom. The van der Waals surface area contributed by atoms with Gasteiger partial charge in [0.1, 0.15) is 0 Å². The van der Waals surface area contributed by atoms with Gasteiger partial charge in [-0.25, -0.2) is 0 Å². The molecule has 1 amide bonds. The van der Waals surface area contributed by atoms with E-state index in [0.29, 0.717) is 12.0 Å². The Labute approximate surface area is 131 Å². The monoisotopic (exact) mass is 297 g/mol. The largest absolute Gasteiger partial charge is 0.355 e. The molecule has 0 bridgehead atoms. The SMILES string of the molecule is CCNC(C)C1CCN(C(C)C(=O)NCCC(C)C)CC1. The number of hydrogen-bond donors (Lipinski definition) is 2. The molecule has 0 aromatic rings. The van der Waals surface area contributed by atoms with Crippen molar-refractivity contribution in [2.24, 2.45) is 11.8 Å². The van der Waals surface area contributed by atoms with E-state index in [1.54, 1.807) is 0 Å². The van der Waals surface area contributed by atoms with Gasteiger partial charge in [0.2, 0.25) is 5.91 Å². The minimum Gasteiger partial charge on any atom is -0.355 e. The van der Waals surface area contributed by atoms with Crippen LogP contribution in [0, 0.1) is 11.8 Å². The second-order valence-corrected chi connectivity index (χ2v) is 6.87. The van der Waals surface area contributed by atoms with E-state index in [9.17, 15) is 4.79 Å². The van der Waals surface area contributed by atoms with E-state index in [1.165, 1.54) is 12.8 Å². The van der Waals surface area contributed by atoms with E-state index < -0.39 is 0 Å². The van der Waals surface area contributed by atoms with Gasteiger partial charge in [0, 0.05) is 12.6 Å². The number of amides is 1. The van der Waals surface area contributed by atoms with E-state index in [1.807, 2.05) is 6.92 Å². The smallest absolute Gasteiger partial charge is 0.237 e. The molecule has 1 fully saturated rings. The van der Waals surface area contributed by atoms with Crippen molar-refractivity contribution in [2.75, 3.05) is 26.2 Å². The molecule has 4 nitrogen and oxygen atoms in total. The molecule has 0 saturated carbocycles. The highest BCUT2D eigenvalue weighted by atomic mass is 16.2. The summed E-state index contributed by atoms with van der Waals surface area (Å²) in [6.07, 6.45) is 3.44. The minimum absolute atomic E-state index is 0.00699. The van der Waals surface area contributed by atoms with Crippen LogP contribution in [0.3, 0.4) is 0 Å². The van der Waals surface area contributed by atoms with Crippen molar-refractivity contribution in [3.63, 3.8) is 0 Å². The maximum Gasteiger partial charge on any atom is 0.237 e. The first-order valence-electron chi connectivity index (χ1n) is 8.70. The Balaban J connectivity index is 2.30. The molecule has 0 radical (unpaired) electrons. The predicted octanol–water partition coefficient (Wildman–Crippen LogP) is 2.25. The van der Waals surface area contributed by atoms with Crippen molar-refractivity contribution >= 4 is 5.91 Å². The summed E-state index contributed by atoms with van der Waals surface area (Å²) in [6, 6.07) is 0.597. The number of carbonyl (C=O) groups is 1. The fourth-order valence-corrected chi connectivity index (χ4v) is 3.09. The van der Waals surface area contributed by atoms with Gasteiger partial charge < -0.3 is 10.6 Å². The van der Waals surface area contributed by atoms with Crippen LogP contribution in [0.2, 0.25) is 0 Å². The zero-order valence-corrected chi connectivity index (χ0v) is 14.6. The molecule has 0 spiro atoms. The molecule has 0 aromatic carbocycles. The molecular formula is C17H35N3O. The summed E-state index contributed by atoms with van der Waals surface area (Å²) in [6.45, 7) is 14.8. The predicted molar refractivity (Wildman–Crippen MR) is 89.4 cm³/mol. The molecule has 1 heterocycles. The molecule has 0 aliphatic carbocycles. The van der Waals surface area contributed by atoms with Gasteiger partial charge in [0.25, 0.3) is 0 Å². The lowest BCUT2D eigenvalue weighted by Gasteiger charge is -2.37. The first kappa shape index (κ1) is 18.4. The zero-order chi connectivity index (χ0) is 15.8. The summed E-state index contributed by atoms with van der Waals surface area (Å²) >= 11 is 0. The lowest BCUT2D eigenvalue weighted by Crippen LogP contribution is -2.50. The maximum absolute atomic E-state index is 12.2. The van der Waals surface area contributed by atoms with E-state index in [2.05, 4.69) is 43.2 Å². The van der Waals surface area contributed by atoms with Crippen molar-refractivity contribution in [3.8, 4) is 0 Å². The van der Waals surface area contributed by atoms with Gasteiger partial charge in [0.05, 0.1) is 6.04 Å². The Bertz CT molecular complexity index is 298. The standard InChI is InChI=1S/C17H35N3O/c1-6-18-14(4)16-8-11-20(12-9-16)15(5)17(21)19-10-7-13(2)3/h13-16,18H,6-12H2,1-5H3,(H,19,21). The summed E-state index contributed by atoms with van der Waals surface area (Å²) in [5.74, 6) is 1.58. The van der Waals surface area contributed by atoms with Crippen LogP contribution in [-0.2, 0) is 4.79 Å². The lowest BCUT2D eigenvalue weighted by molar-refractivity contribution is -0.126. The van der Waals surface area contributed by atoms with Crippen LogP contribution in [0.25, 0.3) is 0 Å². The quantitative estimate of drug-likeness (QED) is 0.722. The third-order valence-corrected chi connectivity index (χ3v) is 4.76. The number of nitrogens with zero attached hydrogens (tertiary/aromatic N) is 1. The van der Waals surface area contributed by atoms with Crippen molar-refractivity contribution in [2.45, 2.75) is 66.0 Å². The van der Waals surface area contributed by atoms with Crippen LogP contribution in [0.4, 0.5) is 0 Å². The molecular weight excluding hydrogens is 262 g/mol. The van der Waals surface area contributed by atoms with Crippen molar-refractivity contribution < 1.29 is 4.79 Å². The van der Waals surface area contributed by atoms with Crippen LogP contribution >= 0.6 is 0 Å². The average Bonchev–Trinajstić information content (AvgIpc) is 2.46. The summed E-state index contributed by atoms with van der Waals surface area (Å²) in [5.41, 5.74) is 0. The normalized spacial score (nSPS) is 20.5. The lowest BCUT2D eigenvalue weighted by atomic mass is 9.89. The van der Waals surface area contributed by atoms with Crippen LogP contribution in [0.5, 0.6) is 0 Å². The van der Waals surface area contributed by atoms with Crippen molar-refractivity contribution in [1.82, 2.24) is 15.5 Å². The number of likely N-dealkylation sites (tertiary alicyclic amines) is 1. The van der Waals surface area contributed by atoms with Crippen molar-refractivity contribution in [1.29, 1.82) is 0 Å². The topological polar surface area (TPSA) is 44.4 Å². The first-order valence-corrected chi connectivity index (χ1v) is 8.70. The molecule has 1 aliphatic heterocycles. The van der Waals surface area contributed by atoms with E-state index >= 15 is 0 Å². The fourth-order valence-electron chi connectivity index (χ4n) is 3.09. The third-order valence-electron chi connectivity index (χ3n) is 4.76. The van der Waals surface area contributed by atoms with Gasteiger partial charge in [0.15, 0.2) is 0 Å². The zero-order valence-electron chi connectivity index (χ0n) is 14.6. The summed E-state index contributed by atoms with van der Waals surface area (Å²) in [5, 5.41) is 6.60. The third kappa shape index (κ3) is 6.35. The Morgan fingerprint density at radius 3 is 2.33 bits per heavy atom. The molecule has 124 valence electrons. The fraction of sp³-hybridized carbons (Fsp3) is 0.941. The van der Waals surface area contributed by atoms with Gasteiger partial charge in [-0.2, -0.15) is 0 Å². The molecule has 2 N–H and O–H groups in total. The molecule has 1 saturated heterocycles. The number of nitrogens with one attached hydrogen (secondary N) is 2. The van der Waals surface area contributed by atoms with E-state index in [0.717, 1.165) is 38.5 Å². The average molecular weight is 297 g/mol. The second kappa shape index (κ2) is 9.42. The van der Waals surface area contributed by atoms with Crippen LogP contribution in [0.15, 0.2) is 0 Å². The Morgan fingerprint density at radius 1 is 1.19 bits per heavy atom. The number of carbonyl (C=O) groups excluding carboxylic acids is 1. The number of rotatable bonds is 8. The number of piperidine rings is 1. The summed E-state index contributed by atoms with van der Waals surface area (Å²) < 4.78 is 0. The molecule has 2 atom stereocenters. The van der Waals surface area contributed by atoms with E-state index in [4.69, 9.17) is 0 Å². The highest BCUT2D eigenvalue weighted by molar-refractivity contribution is 5.81. The molecule has 0 aromatic heterocycles. The van der Waals surface area contributed by atoms with Crippen LogP contribution in [0.1, 0.15) is 53.9 Å². The van der Waals surface area contributed by atoms with Gasteiger partial charge in [-0.05, 0) is 64.6 Å². The molecule has 2 unspecified atom stereocenters. The molecule has 1 aliphatic rings. The first-order chi connectivity index (χ1) is 9.95. The van der Waals surface area contributed by atoms with Gasteiger partial charge in [-0.3, -0.25) is 9.69 Å². The van der Waals surface area contributed by atoms with Crippen molar-refractivity contribution in [3.05, 3.63) is 0 Å². The van der Waals surface area contributed by atoms with Gasteiger partial charge >= 0.3 is 0 Å². The Kier molecular flexibility index (Phi) is 8.27. The van der Waals surface area contributed by atoms with E-state index in [-0.39, 0.29) is 11.9 Å². The van der Waals surface area contributed by atoms with Crippen LogP contribution < -0.4 is 10.6 Å².